The van der Waals surface area contributed by atoms with Crippen LogP contribution in [-0.2, 0) is 0 Å². The van der Waals surface area contributed by atoms with Gasteiger partial charge < -0.3 is 0 Å². The first-order valence-corrected chi connectivity index (χ1v) is 17.2. The Morgan fingerprint density at radius 2 is 0.652 bits per heavy atom. The van der Waals surface area contributed by atoms with E-state index in [9.17, 15) is 0 Å². The van der Waals surface area contributed by atoms with Gasteiger partial charge in [0.25, 0.3) is 0 Å². The maximum atomic E-state index is 4.10. The van der Waals surface area contributed by atoms with Gasteiger partial charge in [-0.25, -0.2) is 0 Å². The van der Waals surface area contributed by atoms with E-state index in [-0.39, 0.29) is 0 Å². The van der Waals surface area contributed by atoms with Crippen molar-refractivity contribution in [1.29, 1.82) is 0 Å². The molecule has 0 aliphatic rings. The van der Waals surface area contributed by atoms with Gasteiger partial charge in [0.15, 0.2) is 0 Å². The molecule has 0 amide bonds. The van der Waals surface area contributed by atoms with Crippen molar-refractivity contribution in [3.63, 3.8) is 0 Å². The molecule has 0 aromatic heterocycles. The van der Waals surface area contributed by atoms with E-state index in [2.05, 4.69) is 165 Å². The predicted molar refractivity (Wildman–Crippen MR) is 206 cm³/mol. The van der Waals surface area contributed by atoms with Gasteiger partial charge in [0.1, 0.15) is 0 Å². The molecule has 0 aliphatic carbocycles. The Kier molecular flexibility index (Phi) is 4.94. The summed E-state index contributed by atoms with van der Waals surface area (Å²) in [5, 5.41) is 21.2. The SMILES string of the molecule is Brc1cc2c3ccccc3c3ccc4c(Br)cc5c6c(-c7ccccc7)ccc(-c7ccccc7)c6c6ccc1c1c2c3c4c5c61. The summed E-state index contributed by atoms with van der Waals surface area (Å²) >= 11 is 8.15. The molecule has 0 saturated heterocycles. The second-order valence-corrected chi connectivity index (χ2v) is 14.3. The van der Waals surface area contributed by atoms with E-state index in [4.69, 9.17) is 0 Å². The van der Waals surface area contributed by atoms with Crippen LogP contribution in [0, 0.1) is 0 Å². The summed E-state index contributed by atoms with van der Waals surface area (Å²) < 4.78 is 2.28. The van der Waals surface area contributed by atoms with Crippen molar-refractivity contribution in [1.82, 2.24) is 0 Å². The van der Waals surface area contributed by atoms with E-state index in [0.29, 0.717) is 0 Å². The highest BCUT2D eigenvalue weighted by Crippen LogP contribution is 2.56. The van der Waals surface area contributed by atoms with Gasteiger partial charge in [0.05, 0.1) is 0 Å². The molecule has 2 heteroatoms. The molecule has 0 spiro atoms. The van der Waals surface area contributed by atoms with Crippen LogP contribution in [0.3, 0.4) is 0 Å². The normalized spacial score (nSPS) is 12.6. The number of halogens is 2. The van der Waals surface area contributed by atoms with Crippen molar-refractivity contribution in [2.45, 2.75) is 0 Å². The van der Waals surface area contributed by atoms with E-state index in [1.807, 2.05) is 0 Å². The Morgan fingerprint density at radius 3 is 1.26 bits per heavy atom. The smallest absolute Gasteiger partial charge is 0.0260 e. The zero-order chi connectivity index (χ0) is 30.3. The quantitative estimate of drug-likeness (QED) is 0.124. The van der Waals surface area contributed by atoms with Gasteiger partial charge in [-0.2, -0.15) is 0 Å². The van der Waals surface area contributed by atoms with Crippen LogP contribution in [0.25, 0.3) is 108 Å². The molecule has 0 N–H and O–H groups in total. The van der Waals surface area contributed by atoms with Crippen molar-refractivity contribution in [2.75, 3.05) is 0 Å². The molecule has 0 aliphatic heterocycles. The summed E-state index contributed by atoms with van der Waals surface area (Å²) in [4.78, 5) is 0. The molecule has 11 aromatic carbocycles. The zero-order valence-corrected chi connectivity index (χ0v) is 27.6. The summed E-state index contributed by atoms with van der Waals surface area (Å²) in [7, 11) is 0. The Balaban J connectivity index is 1.54. The van der Waals surface area contributed by atoms with Crippen LogP contribution in [0.1, 0.15) is 0 Å². The molecule has 0 saturated carbocycles. The predicted octanol–water partition coefficient (Wildman–Crippen LogP) is 14.1. The number of hydrogen-bond donors (Lipinski definition) is 0. The fourth-order valence-corrected chi connectivity index (χ4v) is 9.78. The first-order chi connectivity index (χ1) is 22.7. The lowest BCUT2D eigenvalue weighted by atomic mass is 9.78. The zero-order valence-electron chi connectivity index (χ0n) is 24.5. The molecule has 0 fully saturated rings. The maximum Gasteiger partial charge on any atom is 0.0260 e. The summed E-state index contributed by atoms with van der Waals surface area (Å²) in [5.74, 6) is 0. The van der Waals surface area contributed by atoms with Gasteiger partial charge in [-0.3, -0.25) is 0 Å². The second kappa shape index (κ2) is 8.94. The molecule has 0 nitrogen and oxygen atoms in total. The minimum Gasteiger partial charge on any atom is -0.0622 e. The minimum absolute atomic E-state index is 1.13. The highest BCUT2D eigenvalue weighted by Gasteiger charge is 2.27. The van der Waals surface area contributed by atoms with Gasteiger partial charge in [-0.1, -0.05) is 153 Å². The van der Waals surface area contributed by atoms with Crippen LogP contribution in [0.2, 0.25) is 0 Å². The lowest BCUT2D eigenvalue weighted by molar-refractivity contribution is 1.64. The molecule has 0 bridgehead atoms. The number of benzene rings is 11. The van der Waals surface area contributed by atoms with E-state index in [0.717, 1.165) is 8.95 Å². The lowest BCUT2D eigenvalue weighted by Crippen LogP contribution is -1.97. The molecular weight excluding hydrogens is 688 g/mol. The van der Waals surface area contributed by atoms with Crippen LogP contribution in [-0.4, -0.2) is 0 Å². The molecular formula is C44H22Br2. The van der Waals surface area contributed by atoms with E-state index < -0.39 is 0 Å². The van der Waals surface area contributed by atoms with Gasteiger partial charge in [0, 0.05) is 8.95 Å². The molecule has 0 heterocycles. The molecule has 11 aromatic rings. The summed E-state index contributed by atoms with van der Waals surface area (Å²) in [6, 6.07) is 49.6. The molecule has 0 radical (unpaired) electrons. The minimum atomic E-state index is 1.13. The largest absolute Gasteiger partial charge is 0.0622 e. The topological polar surface area (TPSA) is 0 Å². The fourth-order valence-electron chi connectivity index (χ4n) is 8.66. The van der Waals surface area contributed by atoms with Gasteiger partial charge in [0.2, 0.25) is 0 Å². The molecule has 0 atom stereocenters. The summed E-state index contributed by atoms with van der Waals surface area (Å²) in [6.45, 7) is 0. The van der Waals surface area contributed by atoms with E-state index in [1.54, 1.807) is 0 Å². The fraction of sp³-hybridized carbons (Fsp3) is 0. The van der Waals surface area contributed by atoms with E-state index >= 15 is 0 Å². The first-order valence-electron chi connectivity index (χ1n) is 15.7. The van der Waals surface area contributed by atoms with Crippen molar-refractivity contribution >= 4 is 118 Å². The molecule has 11 rings (SSSR count). The average molecular weight is 710 g/mol. The lowest BCUT2D eigenvalue weighted by Gasteiger charge is -2.26. The van der Waals surface area contributed by atoms with Crippen LogP contribution in [0.4, 0.5) is 0 Å². The summed E-state index contributed by atoms with van der Waals surface area (Å²) in [6.07, 6.45) is 0. The molecule has 0 unspecified atom stereocenters. The number of fused-ring (bicyclic) bond motifs is 6. The van der Waals surface area contributed by atoms with Crippen molar-refractivity contribution in [2.24, 2.45) is 0 Å². The van der Waals surface area contributed by atoms with Crippen LogP contribution >= 0.6 is 31.9 Å². The highest BCUT2D eigenvalue weighted by molar-refractivity contribution is 9.11. The first kappa shape index (κ1) is 25.4. The van der Waals surface area contributed by atoms with Crippen molar-refractivity contribution in [3.05, 3.63) is 142 Å². The van der Waals surface area contributed by atoms with Crippen LogP contribution < -0.4 is 0 Å². The Hall–Kier alpha value is -4.76. The van der Waals surface area contributed by atoms with Crippen LogP contribution in [0.15, 0.2) is 142 Å². The monoisotopic (exact) mass is 708 g/mol. The van der Waals surface area contributed by atoms with Gasteiger partial charge >= 0.3 is 0 Å². The standard InChI is InChI=1S/C44H22Br2/c45-35-21-33-28-14-8-7-13-27(28)29-17-18-30-36(46)22-34-38-26(24-11-5-2-6-12-24)16-15-25(23-9-3-1-4-10-23)37(38)32-20-19-31(35)41-42(32)44(34)40(30)39(29)43(33)41/h1-22H. The molecule has 212 valence electrons. The second-order valence-electron chi connectivity index (χ2n) is 12.6. The molecule has 46 heavy (non-hydrogen) atoms. The average Bonchev–Trinajstić information content (AvgIpc) is 3.11. The third kappa shape index (κ3) is 3.05. The maximum absolute atomic E-state index is 4.10. The van der Waals surface area contributed by atoms with Crippen molar-refractivity contribution < 1.29 is 0 Å². The number of rotatable bonds is 2. The summed E-state index contributed by atoms with van der Waals surface area (Å²) in [5.41, 5.74) is 5.00. The highest BCUT2D eigenvalue weighted by atomic mass is 79.9. The van der Waals surface area contributed by atoms with Crippen molar-refractivity contribution in [3.8, 4) is 22.3 Å². The van der Waals surface area contributed by atoms with Gasteiger partial charge in [-0.05, 0) is 121 Å². The Labute approximate surface area is 281 Å². The number of hydrogen-bond acceptors (Lipinski definition) is 0. The third-order valence-corrected chi connectivity index (χ3v) is 11.7. The van der Waals surface area contributed by atoms with Crippen LogP contribution in [0.5, 0.6) is 0 Å². The van der Waals surface area contributed by atoms with E-state index in [1.165, 1.54) is 108 Å². The Bertz CT molecular complexity index is 2990. The third-order valence-electron chi connectivity index (χ3n) is 10.4. The Morgan fingerprint density at radius 1 is 0.261 bits per heavy atom. The van der Waals surface area contributed by atoms with Gasteiger partial charge in [-0.15, -0.1) is 0 Å².